The van der Waals surface area contributed by atoms with Crippen LogP contribution in [0.3, 0.4) is 0 Å². The number of nitrogens with zero attached hydrogens (tertiary/aromatic N) is 8. The molecule has 141 valence electrons. The predicted molar refractivity (Wildman–Crippen MR) is 101 cm³/mol. The summed E-state index contributed by atoms with van der Waals surface area (Å²) in [6.07, 6.45) is 9.58. The van der Waals surface area contributed by atoms with E-state index < -0.39 is 0 Å². The van der Waals surface area contributed by atoms with Gasteiger partial charge in [-0.1, -0.05) is 5.21 Å². The molecule has 2 fully saturated rings. The van der Waals surface area contributed by atoms with Gasteiger partial charge in [-0.3, -0.25) is 0 Å². The molecule has 0 amide bonds. The molecular weight excluding hydrogens is 371 g/mol. The Balaban J connectivity index is 0.00000192. The quantitative estimate of drug-likeness (QED) is 0.646. The fourth-order valence-corrected chi connectivity index (χ4v) is 3.88. The van der Waals surface area contributed by atoms with Gasteiger partial charge in [0, 0.05) is 55.3 Å². The zero-order valence-corrected chi connectivity index (χ0v) is 17.8. The standard InChI is InChI=1S/C17H20N8O2.Na/c26-16-13(24-7-4-20-22-24)10-21-25(16)15-9-14(18-12-19-15)23-5-1-17(2-6-23)3-8-27-11-17;/h4,7,9-10,12,26H,1-3,5-6,8,11H2;. The van der Waals surface area contributed by atoms with Crippen LogP contribution in [0.5, 0.6) is 5.88 Å². The summed E-state index contributed by atoms with van der Waals surface area (Å²) in [7, 11) is 0. The Bertz CT molecular complexity index is 929. The van der Waals surface area contributed by atoms with Crippen molar-refractivity contribution in [2.24, 2.45) is 5.41 Å². The van der Waals surface area contributed by atoms with E-state index in [1.165, 1.54) is 28.1 Å². The molecule has 3 aromatic rings. The van der Waals surface area contributed by atoms with Gasteiger partial charge in [0.2, 0.25) is 5.88 Å². The number of aromatic hydroxyl groups is 1. The van der Waals surface area contributed by atoms with Crippen LogP contribution in [-0.2, 0) is 4.74 Å². The van der Waals surface area contributed by atoms with Crippen molar-refractivity contribution in [3.63, 3.8) is 0 Å². The molecule has 0 aromatic carbocycles. The largest absolute Gasteiger partial charge is 0.492 e. The van der Waals surface area contributed by atoms with E-state index in [2.05, 4.69) is 30.3 Å². The van der Waals surface area contributed by atoms with Crippen LogP contribution in [-0.4, -0.2) is 95.7 Å². The molecule has 3 aromatic heterocycles. The average molecular weight is 391 g/mol. The molecule has 0 saturated carbocycles. The number of hydrogen-bond acceptors (Lipinski definition) is 8. The van der Waals surface area contributed by atoms with Crippen LogP contribution < -0.4 is 4.90 Å². The molecule has 1 radical (unpaired) electrons. The van der Waals surface area contributed by atoms with Crippen LogP contribution in [0.25, 0.3) is 11.5 Å². The number of ether oxygens (including phenoxy) is 1. The normalized spacial score (nSPS) is 18.4. The van der Waals surface area contributed by atoms with Crippen molar-refractivity contribution in [2.45, 2.75) is 19.3 Å². The van der Waals surface area contributed by atoms with Gasteiger partial charge in [-0.05, 0) is 24.7 Å². The SMILES string of the molecule is Oc1c(-n2ccnn2)cnn1-c1cc(N2CCC3(CCOC3)CC2)ncn1.[Na]. The molecule has 28 heavy (non-hydrogen) atoms. The number of piperidine rings is 1. The van der Waals surface area contributed by atoms with E-state index in [0.29, 0.717) is 16.9 Å². The Hall–Kier alpha value is -2.01. The van der Waals surface area contributed by atoms with Gasteiger partial charge in [0.05, 0.1) is 25.2 Å². The van der Waals surface area contributed by atoms with E-state index in [4.69, 9.17) is 4.74 Å². The first-order chi connectivity index (χ1) is 13.2. The molecule has 1 N–H and O–H groups in total. The van der Waals surface area contributed by atoms with Crippen LogP contribution in [0.15, 0.2) is 31.0 Å². The fraction of sp³-hybridized carbons (Fsp3) is 0.471. The molecule has 2 aliphatic rings. The fourth-order valence-electron chi connectivity index (χ4n) is 3.88. The summed E-state index contributed by atoms with van der Waals surface area (Å²) < 4.78 is 8.43. The molecule has 1 spiro atoms. The van der Waals surface area contributed by atoms with Crippen molar-refractivity contribution in [1.82, 2.24) is 34.7 Å². The summed E-state index contributed by atoms with van der Waals surface area (Å²) in [4.78, 5) is 10.9. The maximum absolute atomic E-state index is 10.5. The topological polar surface area (TPSA) is 107 Å². The van der Waals surface area contributed by atoms with E-state index in [0.717, 1.165) is 51.4 Å². The molecule has 2 saturated heterocycles. The molecule has 2 aliphatic heterocycles. The smallest absolute Gasteiger partial charge is 0.242 e. The number of anilines is 1. The van der Waals surface area contributed by atoms with E-state index >= 15 is 0 Å². The molecule has 5 heterocycles. The maximum Gasteiger partial charge on any atom is 0.242 e. The second-order valence-electron chi connectivity index (χ2n) is 7.14. The molecule has 0 bridgehead atoms. The molecular formula is C17H20N8NaO2. The Morgan fingerprint density at radius 3 is 2.64 bits per heavy atom. The van der Waals surface area contributed by atoms with E-state index in [1.54, 1.807) is 6.20 Å². The van der Waals surface area contributed by atoms with Gasteiger partial charge in [0.15, 0.2) is 5.82 Å². The van der Waals surface area contributed by atoms with Crippen molar-refractivity contribution in [1.29, 1.82) is 0 Å². The summed E-state index contributed by atoms with van der Waals surface area (Å²) >= 11 is 0. The molecule has 11 heteroatoms. The monoisotopic (exact) mass is 391 g/mol. The molecule has 0 unspecified atom stereocenters. The first kappa shape index (κ1) is 19.3. The Morgan fingerprint density at radius 1 is 1.11 bits per heavy atom. The van der Waals surface area contributed by atoms with E-state index in [-0.39, 0.29) is 35.4 Å². The second-order valence-corrected chi connectivity index (χ2v) is 7.14. The Kier molecular flexibility index (Phi) is 5.37. The minimum absolute atomic E-state index is 0. The van der Waals surface area contributed by atoms with E-state index in [9.17, 15) is 5.11 Å². The van der Waals surface area contributed by atoms with Crippen LogP contribution in [0.4, 0.5) is 5.82 Å². The Labute approximate surface area is 183 Å². The van der Waals surface area contributed by atoms with Gasteiger partial charge in [0.1, 0.15) is 17.8 Å². The minimum Gasteiger partial charge on any atom is -0.492 e. The summed E-state index contributed by atoms with van der Waals surface area (Å²) in [6.45, 7) is 3.64. The zero-order valence-electron chi connectivity index (χ0n) is 15.8. The van der Waals surface area contributed by atoms with Crippen LogP contribution in [0, 0.1) is 5.41 Å². The summed E-state index contributed by atoms with van der Waals surface area (Å²) in [5.41, 5.74) is 0.785. The molecule has 10 nitrogen and oxygen atoms in total. The third-order valence-corrected chi connectivity index (χ3v) is 5.58. The van der Waals surface area contributed by atoms with Crippen molar-refractivity contribution in [2.75, 3.05) is 31.2 Å². The third-order valence-electron chi connectivity index (χ3n) is 5.58. The van der Waals surface area contributed by atoms with Gasteiger partial charge >= 0.3 is 0 Å². The van der Waals surface area contributed by atoms with Gasteiger partial charge < -0.3 is 14.7 Å². The minimum atomic E-state index is -0.0501. The summed E-state index contributed by atoms with van der Waals surface area (Å²) in [5, 5.41) is 22.4. The van der Waals surface area contributed by atoms with Gasteiger partial charge in [-0.25, -0.2) is 14.6 Å². The number of aromatic nitrogens is 7. The van der Waals surface area contributed by atoms with Gasteiger partial charge in [-0.2, -0.15) is 9.78 Å². The summed E-state index contributed by atoms with van der Waals surface area (Å²) in [5.74, 6) is 1.30. The van der Waals surface area contributed by atoms with Gasteiger partial charge in [-0.15, -0.1) is 5.10 Å². The van der Waals surface area contributed by atoms with Crippen LogP contribution in [0.2, 0.25) is 0 Å². The number of hydrogen-bond donors (Lipinski definition) is 1. The molecule has 5 rings (SSSR count). The molecule has 0 atom stereocenters. The van der Waals surface area contributed by atoms with Gasteiger partial charge in [0.25, 0.3) is 0 Å². The zero-order chi connectivity index (χ0) is 18.3. The van der Waals surface area contributed by atoms with Crippen LogP contribution >= 0.6 is 0 Å². The first-order valence-electron chi connectivity index (χ1n) is 9.03. The third kappa shape index (κ3) is 3.41. The van der Waals surface area contributed by atoms with Crippen LogP contribution in [0.1, 0.15) is 19.3 Å². The van der Waals surface area contributed by atoms with Crippen molar-refractivity contribution in [3.05, 3.63) is 31.0 Å². The van der Waals surface area contributed by atoms with Crippen molar-refractivity contribution >= 4 is 35.4 Å². The predicted octanol–water partition coefficient (Wildman–Crippen LogP) is 0.575. The number of rotatable bonds is 3. The summed E-state index contributed by atoms with van der Waals surface area (Å²) in [6, 6.07) is 1.85. The van der Waals surface area contributed by atoms with Crippen molar-refractivity contribution in [3.8, 4) is 17.4 Å². The average Bonchev–Trinajstić information content (AvgIpc) is 3.44. The van der Waals surface area contributed by atoms with Crippen molar-refractivity contribution < 1.29 is 9.84 Å². The van der Waals surface area contributed by atoms with E-state index in [1.807, 2.05) is 6.07 Å². The second kappa shape index (κ2) is 7.78. The first-order valence-corrected chi connectivity index (χ1v) is 9.03. The maximum atomic E-state index is 10.5. The Morgan fingerprint density at radius 2 is 1.93 bits per heavy atom. The molecule has 0 aliphatic carbocycles.